The molecule has 0 unspecified atom stereocenters. The van der Waals surface area contributed by atoms with Crippen molar-refractivity contribution >= 4 is 0 Å². The molecule has 78 valence electrons. The monoisotopic (exact) mass is 197 g/mol. The van der Waals surface area contributed by atoms with Crippen molar-refractivity contribution in [3.8, 4) is 11.5 Å². The van der Waals surface area contributed by atoms with Gasteiger partial charge in [-0.3, -0.25) is 0 Å². The van der Waals surface area contributed by atoms with Gasteiger partial charge in [-0.2, -0.15) is 0 Å². The van der Waals surface area contributed by atoms with E-state index in [9.17, 15) is 0 Å². The highest BCUT2D eigenvalue weighted by molar-refractivity contribution is 5.44. The van der Waals surface area contributed by atoms with E-state index >= 15 is 0 Å². The first kappa shape index (κ1) is 10.8. The number of nitrogens with two attached hydrogens (primary N) is 1. The predicted octanol–water partition coefficient (Wildman–Crippen LogP) is 1.14. The Bertz CT molecular complexity index is 266. The summed E-state index contributed by atoms with van der Waals surface area (Å²) < 4.78 is 10.4. The van der Waals surface area contributed by atoms with E-state index in [1.54, 1.807) is 14.2 Å². The van der Waals surface area contributed by atoms with Crippen molar-refractivity contribution in [1.82, 2.24) is 0 Å². The second-order valence-corrected chi connectivity index (χ2v) is 2.76. The maximum Gasteiger partial charge on any atom is 0.125 e. The van der Waals surface area contributed by atoms with Crippen LogP contribution in [-0.4, -0.2) is 20.8 Å². The van der Waals surface area contributed by atoms with Gasteiger partial charge in [0.2, 0.25) is 0 Å². The number of methoxy groups -OCH3 is 2. The third kappa shape index (κ3) is 2.37. The molecule has 0 atom stereocenters. The van der Waals surface area contributed by atoms with Crippen LogP contribution in [0.3, 0.4) is 0 Å². The molecule has 0 aliphatic carbocycles. The highest BCUT2D eigenvalue weighted by atomic mass is 16.6. The zero-order chi connectivity index (χ0) is 10.4. The lowest BCUT2D eigenvalue weighted by Crippen LogP contribution is -2.06. The van der Waals surface area contributed by atoms with Crippen LogP contribution < -0.4 is 15.4 Å². The van der Waals surface area contributed by atoms with Gasteiger partial charge in [0.05, 0.1) is 20.8 Å². The average Bonchev–Trinajstić information content (AvgIpc) is 2.25. The Kier molecular flexibility index (Phi) is 4.22. The number of benzene rings is 1. The van der Waals surface area contributed by atoms with Crippen LogP contribution in [0.2, 0.25) is 0 Å². The van der Waals surface area contributed by atoms with Gasteiger partial charge in [-0.15, -0.1) is 0 Å². The number of hydrogen-bond acceptors (Lipinski definition) is 4. The fourth-order valence-electron chi connectivity index (χ4n) is 1.34. The molecule has 1 aromatic rings. The normalized spacial score (nSPS) is 9.93. The van der Waals surface area contributed by atoms with Gasteiger partial charge in [0.25, 0.3) is 0 Å². The highest BCUT2D eigenvalue weighted by Crippen LogP contribution is 2.28. The Hall–Kier alpha value is -1.26. The quantitative estimate of drug-likeness (QED) is 0.719. The Balaban J connectivity index is 2.93. The van der Waals surface area contributed by atoms with Crippen LogP contribution in [-0.2, 0) is 11.3 Å². The smallest absolute Gasteiger partial charge is 0.125 e. The Morgan fingerprint density at radius 2 is 1.71 bits per heavy atom. The molecular weight excluding hydrogens is 182 g/mol. The first-order chi connectivity index (χ1) is 6.83. The molecule has 0 aliphatic heterocycles. The van der Waals surface area contributed by atoms with Crippen molar-refractivity contribution in [2.24, 2.45) is 5.90 Å². The molecule has 2 N–H and O–H groups in total. The molecule has 0 fully saturated rings. The van der Waals surface area contributed by atoms with Gasteiger partial charge in [0.1, 0.15) is 11.5 Å². The summed E-state index contributed by atoms with van der Waals surface area (Å²) in [6, 6.07) is 5.65. The van der Waals surface area contributed by atoms with E-state index in [1.165, 1.54) is 0 Å². The number of rotatable bonds is 5. The lowest BCUT2D eigenvalue weighted by molar-refractivity contribution is 0.140. The molecule has 0 radical (unpaired) electrons. The summed E-state index contributed by atoms with van der Waals surface area (Å²) in [6.45, 7) is 0.441. The molecule has 0 spiro atoms. The summed E-state index contributed by atoms with van der Waals surface area (Å²) in [7, 11) is 3.25. The zero-order valence-corrected chi connectivity index (χ0v) is 8.45. The fourth-order valence-corrected chi connectivity index (χ4v) is 1.34. The van der Waals surface area contributed by atoms with E-state index in [4.69, 9.17) is 15.4 Å². The van der Waals surface area contributed by atoms with Gasteiger partial charge >= 0.3 is 0 Å². The summed E-state index contributed by atoms with van der Waals surface area (Å²) >= 11 is 0. The van der Waals surface area contributed by atoms with Crippen molar-refractivity contribution in [2.75, 3.05) is 20.8 Å². The molecule has 0 aliphatic rings. The summed E-state index contributed by atoms with van der Waals surface area (Å²) in [5.41, 5.74) is 0.975. The fraction of sp³-hybridized carbons (Fsp3) is 0.400. The van der Waals surface area contributed by atoms with Gasteiger partial charge in [-0.25, -0.2) is 5.90 Å². The van der Waals surface area contributed by atoms with Gasteiger partial charge in [0.15, 0.2) is 0 Å². The first-order valence-electron chi connectivity index (χ1n) is 4.35. The van der Waals surface area contributed by atoms with E-state index in [0.29, 0.717) is 13.0 Å². The molecule has 0 saturated carbocycles. The van der Waals surface area contributed by atoms with Crippen LogP contribution in [0.1, 0.15) is 5.56 Å². The molecule has 14 heavy (non-hydrogen) atoms. The molecule has 4 nitrogen and oxygen atoms in total. The van der Waals surface area contributed by atoms with Crippen LogP contribution >= 0.6 is 0 Å². The summed E-state index contributed by atoms with van der Waals surface area (Å²) in [5.74, 6) is 6.56. The van der Waals surface area contributed by atoms with Crippen molar-refractivity contribution < 1.29 is 14.3 Å². The SMILES string of the molecule is COc1cccc(OC)c1CCON. The number of ether oxygens (including phenoxy) is 2. The topological polar surface area (TPSA) is 53.7 Å². The van der Waals surface area contributed by atoms with Crippen LogP contribution in [0.15, 0.2) is 18.2 Å². The second-order valence-electron chi connectivity index (χ2n) is 2.76. The molecule has 0 amide bonds. The van der Waals surface area contributed by atoms with E-state index < -0.39 is 0 Å². The van der Waals surface area contributed by atoms with Gasteiger partial charge in [0, 0.05) is 12.0 Å². The van der Waals surface area contributed by atoms with Crippen LogP contribution in [0.5, 0.6) is 11.5 Å². The van der Waals surface area contributed by atoms with Crippen molar-refractivity contribution in [3.05, 3.63) is 23.8 Å². The standard InChI is InChI=1S/C10H15NO3/c1-12-9-4-3-5-10(13-2)8(9)6-7-14-11/h3-5H,6-7,11H2,1-2H3. The molecule has 0 saturated heterocycles. The summed E-state index contributed by atoms with van der Waals surface area (Å²) in [5, 5.41) is 0. The molecule has 1 rings (SSSR count). The minimum atomic E-state index is 0.441. The summed E-state index contributed by atoms with van der Waals surface area (Å²) in [6.07, 6.45) is 0.670. The van der Waals surface area contributed by atoms with Gasteiger partial charge < -0.3 is 14.3 Å². The van der Waals surface area contributed by atoms with Crippen LogP contribution in [0, 0.1) is 0 Å². The summed E-state index contributed by atoms with van der Waals surface area (Å²) in [4.78, 5) is 4.53. The third-order valence-electron chi connectivity index (χ3n) is 2.00. The molecule has 0 bridgehead atoms. The zero-order valence-electron chi connectivity index (χ0n) is 8.45. The van der Waals surface area contributed by atoms with Crippen molar-refractivity contribution in [3.63, 3.8) is 0 Å². The molecular formula is C10H15NO3. The molecule has 0 heterocycles. The number of hydrogen-bond donors (Lipinski definition) is 1. The highest BCUT2D eigenvalue weighted by Gasteiger charge is 2.08. The van der Waals surface area contributed by atoms with E-state index in [-0.39, 0.29) is 0 Å². The maximum absolute atomic E-state index is 5.21. The van der Waals surface area contributed by atoms with Crippen LogP contribution in [0.4, 0.5) is 0 Å². The lowest BCUT2D eigenvalue weighted by Gasteiger charge is -2.11. The molecule has 1 aromatic carbocycles. The maximum atomic E-state index is 5.21. The minimum Gasteiger partial charge on any atom is -0.496 e. The largest absolute Gasteiger partial charge is 0.496 e. The van der Waals surface area contributed by atoms with E-state index in [1.807, 2.05) is 18.2 Å². The molecule has 0 aromatic heterocycles. The van der Waals surface area contributed by atoms with Crippen molar-refractivity contribution in [1.29, 1.82) is 0 Å². The lowest BCUT2D eigenvalue weighted by atomic mass is 10.1. The van der Waals surface area contributed by atoms with Gasteiger partial charge in [-0.1, -0.05) is 6.07 Å². The Morgan fingerprint density at radius 3 is 2.14 bits per heavy atom. The van der Waals surface area contributed by atoms with Gasteiger partial charge in [-0.05, 0) is 12.1 Å². The average molecular weight is 197 g/mol. The minimum absolute atomic E-state index is 0.441. The third-order valence-corrected chi connectivity index (χ3v) is 2.00. The first-order valence-corrected chi connectivity index (χ1v) is 4.35. The second kappa shape index (κ2) is 5.47. The Morgan fingerprint density at radius 1 is 1.14 bits per heavy atom. The molecule has 4 heteroatoms. The Labute approximate surface area is 83.5 Å². The van der Waals surface area contributed by atoms with Crippen LogP contribution in [0.25, 0.3) is 0 Å². The van der Waals surface area contributed by atoms with E-state index in [2.05, 4.69) is 4.84 Å². The van der Waals surface area contributed by atoms with Crippen molar-refractivity contribution in [2.45, 2.75) is 6.42 Å². The predicted molar refractivity (Wildman–Crippen MR) is 53.4 cm³/mol. The van der Waals surface area contributed by atoms with E-state index in [0.717, 1.165) is 17.1 Å².